The van der Waals surface area contributed by atoms with Crippen LogP contribution in [0.5, 0.6) is 0 Å². The SMILES string of the molecule is O=C1CC(c2ccccc2)N(Cc2cn[nH]c2-c2cccnc2)CCN1. The first-order chi connectivity index (χ1) is 12.8. The lowest BCUT2D eigenvalue weighted by Crippen LogP contribution is -2.30. The van der Waals surface area contributed by atoms with Gasteiger partial charge in [0.05, 0.1) is 11.9 Å². The summed E-state index contributed by atoms with van der Waals surface area (Å²) < 4.78 is 0. The van der Waals surface area contributed by atoms with Crippen LogP contribution in [0, 0.1) is 0 Å². The maximum atomic E-state index is 12.1. The summed E-state index contributed by atoms with van der Waals surface area (Å²) >= 11 is 0. The Morgan fingerprint density at radius 3 is 2.81 bits per heavy atom. The van der Waals surface area contributed by atoms with Gasteiger partial charge in [0, 0.05) is 55.6 Å². The second kappa shape index (κ2) is 7.49. The number of carbonyl (C=O) groups is 1. The zero-order chi connectivity index (χ0) is 17.8. The van der Waals surface area contributed by atoms with Gasteiger partial charge in [-0.05, 0) is 17.7 Å². The number of nitrogens with one attached hydrogen (secondary N) is 2. The average molecular weight is 347 g/mol. The van der Waals surface area contributed by atoms with E-state index in [1.807, 2.05) is 42.7 Å². The Kier molecular flexibility index (Phi) is 4.75. The minimum absolute atomic E-state index is 0.0512. The number of H-pyrrole nitrogens is 1. The summed E-state index contributed by atoms with van der Waals surface area (Å²) in [5.41, 5.74) is 4.26. The minimum Gasteiger partial charge on any atom is -0.355 e. The van der Waals surface area contributed by atoms with E-state index in [0.717, 1.165) is 35.5 Å². The van der Waals surface area contributed by atoms with E-state index in [0.29, 0.717) is 13.0 Å². The molecular formula is C20H21N5O. The summed E-state index contributed by atoms with van der Waals surface area (Å²) in [4.78, 5) is 18.7. The topological polar surface area (TPSA) is 73.9 Å². The molecule has 0 saturated carbocycles. The third kappa shape index (κ3) is 3.50. The van der Waals surface area contributed by atoms with Gasteiger partial charge in [0.15, 0.2) is 0 Å². The van der Waals surface area contributed by atoms with Gasteiger partial charge in [-0.25, -0.2) is 0 Å². The molecule has 6 nitrogen and oxygen atoms in total. The van der Waals surface area contributed by atoms with Crippen LogP contribution in [0.25, 0.3) is 11.3 Å². The van der Waals surface area contributed by atoms with E-state index in [1.165, 1.54) is 0 Å². The van der Waals surface area contributed by atoms with Gasteiger partial charge in [0.25, 0.3) is 0 Å². The normalized spacial score (nSPS) is 18.3. The Labute approximate surface area is 152 Å². The standard InChI is InChI=1S/C20H21N5O/c26-19-11-18(15-5-2-1-3-6-15)25(10-9-22-19)14-17-13-23-24-20(17)16-7-4-8-21-12-16/h1-8,12-13,18H,9-11,14H2,(H,22,26)(H,23,24). The minimum atomic E-state index is 0.0512. The smallest absolute Gasteiger partial charge is 0.221 e. The monoisotopic (exact) mass is 347 g/mol. The van der Waals surface area contributed by atoms with E-state index in [2.05, 4.69) is 37.5 Å². The fourth-order valence-corrected chi connectivity index (χ4v) is 3.48. The van der Waals surface area contributed by atoms with Crippen LogP contribution < -0.4 is 5.32 Å². The highest BCUT2D eigenvalue weighted by molar-refractivity contribution is 5.77. The first-order valence-electron chi connectivity index (χ1n) is 8.79. The third-order valence-electron chi connectivity index (χ3n) is 4.77. The molecule has 1 atom stereocenters. The largest absolute Gasteiger partial charge is 0.355 e. The molecule has 1 amide bonds. The second-order valence-electron chi connectivity index (χ2n) is 6.46. The zero-order valence-electron chi connectivity index (χ0n) is 14.4. The maximum Gasteiger partial charge on any atom is 0.221 e. The van der Waals surface area contributed by atoms with Crippen molar-refractivity contribution in [1.82, 2.24) is 25.4 Å². The molecule has 0 spiro atoms. The van der Waals surface area contributed by atoms with Crippen molar-refractivity contribution in [2.75, 3.05) is 13.1 Å². The summed E-state index contributed by atoms with van der Waals surface area (Å²) in [5.74, 6) is 0.0982. The van der Waals surface area contributed by atoms with E-state index in [4.69, 9.17) is 0 Å². The number of rotatable bonds is 4. The van der Waals surface area contributed by atoms with Crippen molar-refractivity contribution in [3.05, 3.63) is 72.2 Å². The Hall–Kier alpha value is -2.99. The lowest BCUT2D eigenvalue weighted by atomic mass is 10.0. The number of carbonyl (C=O) groups excluding carboxylic acids is 1. The van der Waals surface area contributed by atoms with Gasteiger partial charge in [0.1, 0.15) is 0 Å². The highest BCUT2D eigenvalue weighted by atomic mass is 16.1. The maximum absolute atomic E-state index is 12.1. The Morgan fingerprint density at radius 2 is 2.00 bits per heavy atom. The van der Waals surface area contributed by atoms with Gasteiger partial charge in [0.2, 0.25) is 5.91 Å². The van der Waals surface area contributed by atoms with E-state index in [-0.39, 0.29) is 11.9 Å². The molecule has 132 valence electrons. The zero-order valence-corrected chi connectivity index (χ0v) is 14.4. The number of aromatic amines is 1. The number of hydrogen-bond donors (Lipinski definition) is 2. The molecule has 0 radical (unpaired) electrons. The van der Waals surface area contributed by atoms with Crippen LogP contribution >= 0.6 is 0 Å². The van der Waals surface area contributed by atoms with Gasteiger partial charge in [-0.15, -0.1) is 0 Å². The molecule has 1 aromatic carbocycles. The van der Waals surface area contributed by atoms with Gasteiger partial charge < -0.3 is 5.32 Å². The fraction of sp³-hybridized carbons (Fsp3) is 0.250. The first kappa shape index (κ1) is 16.5. The molecule has 1 aliphatic heterocycles. The average Bonchev–Trinajstić information content (AvgIpc) is 3.07. The number of benzene rings is 1. The molecule has 2 N–H and O–H groups in total. The quantitative estimate of drug-likeness (QED) is 0.761. The van der Waals surface area contributed by atoms with Gasteiger partial charge in [-0.3, -0.25) is 19.8 Å². The van der Waals surface area contributed by atoms with Crippen LogP contribution in [0.4, 0.5) is 0 Å². The summed E-state index contributed by atoms with van der Waals surface area (Å²) in [6.45, 7) is 2.17. The van der Waals surface area contributed by atoms with E-state index in [9.17, 15) is 4.79 Å². The highest BCUT2D eigenvalue weighted by Crippen LogP contribution is 2.29. The Bertz CT molecular complexity index is 862. The van der Waals surface area contributed by atoms with E-state index < -0.39 is 0 Å². The third-order valence-corrected chi connectivity index (χ3v) is 4.77. The molecule has 26 heavy (non-hydrogen) atoms. The van der Waals surface area contributed by atoms with Crippen molar-refractivity contribution in [1.29, 1.82) is 0 Å². The van der Waals surface area contributed by atoms with Crippen LogP contribution in [-0.2, 0) is 11.3 Å². The molecule has 0 bridgehead atoms. The molecule has 6 heteroatoms. The van der Waals surface area contributed by atoms with Crippen LogP contribution in [0.1, 0.15) is 23.6 Å². The highest BCUT2D eigenvalue weighted by Gasteiger charge is 2.27. The van der Waals surface area contributed by atoms with Crippen molar-refractivity contribution in [2.24, 2.45) is 0 Å². The fourth-order valence-electron chi connectivity index (χ4n) is 3.48. The van der Waals surface area contributed by atoms with Crippen molar-refractivity contribution in [3.63, 3.8) is 0 Å². The predicted molar refractivity (Wildman–Crippen MR) is 99.0 cm³/mol. The molecule has 2 aromatic heterocycles. The number of hydrogen-bond acceptors (Lipinski definition) is 4. The summed E-state index contributed by atoms with van der Waals surface area (Å²) in [7, 11) is 0. The Morgan fingerprint density at radius 1 is 1.12 bits per heavy atom. The first-order valence-corrected chi connectivity index (χ1v) is 8.79. The number of pyridine rings is 1. The van der Waals surface area contributed by atoms with Crippen molar-refractivity contribution in [3.8, 4) is 11.3 Å². The second-order valence-corrected chi connectivity index (χ2v) is 6.46. The van der Waals surface area contributed by atoms with Gasteiger partial charge >= 0.3 is 0 Å². The van der Waals surface area contributed by atoms with Crippen molar-refractivity contribution >= 4 is 5.91 Å². The summed E-state index contributed by atoms with van der Waals surface area (Å²) in [6.07, 6.45) is 5.92. The lowest BCUT2D eigenvalue weighted by Gasteiger charge is -2.29. The van der Waals surface area contributed by atoms with Gasteiger partial charge in [-0.2, -0.15) is 5.10 Å². The molecule has 3 aromatic rings. The van der Waals surface area contributed by atoms with Gasteiger partial charge in [-0.1, -0.05) is 30.3 Å². The molecule has 1 fully saturated rings. The van der Waals surface area contributed by atoms with Crippen LogP contribution in [0.2, 0.25) is 0 Å². The summed E-state index contributed by atoms with van der Waals surface area (Å²) in [6, 6.07) is 14.2. The van der Waals surface area contributed by atoms with Crippen LogP contribution in [0.15, 0.2) is 61.1 Å². The molecule has 4 rings (SSSR count). The molecule has 1 aliphatic rings. The summed E-state index contributed by atoms with van der Waals surface area (Å²) in [5, 5.41) is 10.3. The van der Waals surface area contributed by atoms with E-state index in [1.54, 1.807) is 6.20 Å². The molecule has 3 heterocycles. The molecule has 0 aliphatic carbocycles. The number of aromatic nitrogens is 3. The predicted octanol–water partition coefficient (Wildman–Crippen LogP) is 2.53. The molecular weight excluding hydrogens is 326 g/mol. The number of nitrogens with zero attached hydrogens (tertiary/aromatic N) is 3. The van der Waals surface area contributed by atoms with E-state index >= 15 is 0 Å². The van der Waals surface area contributed by atoms with Crippen LogP contribution in [-0.4, -0.2) is 39.1 Å². The lowest BCUT2D eigenvalue weighted by molar-refractivity contribution is -0.121. The Balaban J connectivity index is 1.63. The van der Waals surface area contributed by atoms with Crippen LogP contribution in [0.3, 0.4) is 0 Å². The van der Waals surface area contributed by atoms with Crippen molar-refractivity contribution < 1.29 is 4.79 Å². The number of amides is 1. The molecule has 1 saturated heterocycles. The van der Waals surface area contributed by atoms with Crippen molar-refractivity contribution in [2.45, 2.75) is 19.0 Å². The molecule has 1 unspecified atom stereocenters.